The smallest absolute Gasteiger partial charge is 0.195 e. The molecule has 0 amide bonds. The van der Waals surface area contributed by atoms with E-state index >= 15 is 0 Å². The standard InChI is InChI=1S/C15H24N2O2S2/c1-11-8-12(2)10-16(9-11)21(18,19)17-6-4-15-14(13(17)3)5-7-20-15/h5,7,11-13H,4,6,8-10H2,1-3H3/t11-,12-,13+/m1/s1. The number of fused-ring (bicyclic) bond motifs is 1. The maximum atomic E-state index is 13.0. The molecular formula is C15H24N2O2S2. The van der Waals surface area contributed by atoms with Crippen LogP contribution in [0.25, 0.3) is 0 Å². The van der Waals surface area contributed by atoms with E-state index in [1.54, 1.807) is 19.9 Å². The molecule has 21 heavy (non-hydrogen) atoms. The second-order valence-corrected chi connectivity index (χ2v) is 9.49. The third kappa shape index (κ3) is 2.79. The number of piperidine rings is 1. The lowest BCUT2D eigenvalue weighted by Gasteiger charge is -2.40. The minimum atomic E-state index is -3.35. The van der Waals surface area contributed by atoms with Crippen LogP contribution in [0.15, 0.2) is 11.4 Å². The van der Waals surface area contributed by atoms with Crippen molar-refractivity contribution in [2.75, 3.05) is 19.6 Å². The fourth-order valence-corrected chi connectivity index (χ4v) is 6.72. The molecule has 0 bridgehead atoms. The van der Waals surface area contributed by atoms with E-state index in [-0.39, 0.29) is 6.04 Å². The fraction of sp³-hybridized carbons (Fsp3) is 0.733. The highest BCUT2D eigenvalue weighted by Crippen LogP contribution is 2.36. The van der Waals surface area contributed by atoms with E-state index in [4.69, 9.17) is 0 Å². The zero-order valence-corrected chi connectivity index (χ0v) is 14.6. The van der Waals surface area contributed by atoms with Gasteiger partial charge in [-0.1, -0.05) is 13.8 Å². The molecule has 3 heterocycles. The Morgan fingerprint density at radius 3 is 2.52 bits per heavy atom. The average Bonchev–Trinajstić information content (AvgIpc) is 2.87. The first-order valence-electron chi connectivity index (χ1n) is 7.72. The molecule has 0 radical (unpaired) electrons. The highest BCUT2D eigenvalue weighted by atomic mass is 32.2. The summed E-state index contributed by atoms with van der Waals surface area (Å²) in [4.78, 5) is 1.34. The molecule has 1 saturated heterocycles. The van der Waals surface area contributed by atoms with Crippen molar-refractivity contribution in [3.05, 3.63) is 21.9 Å². The molecule has 1 aromatic rings. The second kappa shape index (κ2) is 5.65. The lowest BCUT2D eigenvalue weighted by atomic mass is 9.94. The summed E-state index contributed by atoms with van der Waals surface area (Å²) < 4.78 is 29.5. The summed E-state index contributed by atoms with van der Waals surface area (Å²) in [6, 6.07) is 2.03. The summed E-state index contributed by atoms with van der Waals surface area (Å²) >= 11 is 1.74. The van der Waals surface area contributed by atoms with Crippen LogP contribution >= 0.6 is 11.3 Å². The van der Waals surface area contributed by atoms with Gasteiger partial charge in [0.05, 0.1) is 0 Å². The molecule has 0 aromatic carbocycles. The van der Waals surface area contributed by atoms with Crippen LogP contribution in [0.3, 0.4) is 0 Å². The van der Waals surface area contributed by atoms with Gasteiger partial charge in [-0.05, 0) is 48.6 Å². The largest absolute Gasteiger partial charge is 0.282 e. The van der Waals surface area contributed by atoms with Crippen molar-refractivity contribution >= 4 is 21.5 Å². The quantitative estimate of drug-likeness (QED) is 0.837. The Hall–Kier alpha value is -0.430. The first kappa shape index (κ1) is 15.5. The second-order valence-electron chi connectivity index (χ2n) is 6.61. The molecule has 3 rings (SSSR count). The Morgan fingerprint density at radius 1 is 1.19 bits per heavy atom. The molecule has 6 heteroatoms. The third-order valence-corrected chi connectivity index (χ3v) is 7.72. The molecule has 0 spiro atoms. The van der Waals surface area contributed by atoms with Gasteiger partial charge >= 0.3 is 0 Å². The van der Waals surface area contributed by atoms with Gasteiger partial charge in [0.2, 0.25) is 0 Å². The SMILES string of the molecule is C[C@@H]1C[C@@H](C)CN(S(=O)(=O)N2CCc3sccc3[C@@H]2C)C1. The minimum absolute atomic E-state index is 0.0439. The van der Waals surface area contributed by atoms with E-state index < -0.39 is 10.2 Å². The van der Waals surface area contributed by atoms with Gasteiger partial charge in [-0.15, -0.1) is 11.3 Å². The molecule has 0 saturated carbocycles. The summed E-state index contributed by atoms with van der Waals surface area (Å²) in [7, 11) is -3.35. The van der Waals surface area contributed by atoms with Gasteiger partial charge in [-0.25, -0.2) is 0 Å². The highest BCUT2D eigenvalue weighted by molar-refractivity contribution is 7.86. The van der Waals surface area contributed by atoms with Gasteiger partial charge in [-0.3, -0.25) is 0 Å². The summed E-state index contributed by atoms with van der Waals surface area (Å²) in [5.41, 5.74) is 1.19. The maximum Gasteiger partial charge on any atom is 0.282 e. The van der Waals surface area contributed by atoms with Gasteiger partial charge in [-0.2, -0.15) is 17.0 Å². The minimum Gasteiger partial charge on any atom is -0.195 e. The Kier molecular flexibility index (Phi) is 4.16. The molecule has 4 nitrogen and oxygen atoms in total. The van der Waals surface area contributed by atoms with Crippen molar-refractivity contribution in [1.29, 1.82) is 0 Å². The van der Waals surface area contributed by atoms with Crippen molar-refractivity contribution in [3.63, 3.8) is 0 Å². The van der Waals surface area contributed by atoms with E-state index in [1.165, 1.54) is 10.4 Å². The molecule has 2 aliphatic rings. The van der Waals surface area contributed by atoms with Crippen LogP contribution in [-0.2, 0) is 16.6 Å². The summed E-state index contributed by atoms with van der Waals surface area (Å²) in [5, 5.41) is 2.07. The van der Waals surface area contributed by atoms with E-state index in [2.05, 4.69) is 25.3 Å². The molecule has 0 N–H and O–H groups in total. The monoisotopic (exact) mass is 328 g/mol. The summed E-state index contributed by atoms with van der Waals surface area (Å²) in [6.45, 7) is 8.23. The summed E-state index contributed by atoms with van der Waals surface area (Å²) in [5.74, 6) is 0.890. The average molecular weight is 329 g/mol. The van der Waals surface area contributed by atoms with Gasteiger partial charge < -0.3 is 0 Å². The number of nitrogens with zero attached hydrogens (tertiary/aromatic N) is 2. The van der Waals surface area contributed by atoms with E-state index in [1.807, 2.05) is 6.92 Å². The number of hydrogen-bond donors (Lipinski definition) is 0. The summed E-state index contributed by atoms with van der Waals surface area (Å²) in [6.07, 6.45) is 1.96. The van der Waals surface area contributed by atoms with Gasteiger partial charge in [0, 0.05) is 30.6 Å². The number of rotatable bonds is 2. The molecule has 3 atom stereocenters. The molecular weight excluding hydrogens is 304 g/mol. The zero-order valence-electron chi connectivity index (χ0n) is 12.9. The maximum absolute atomic E-state index is 13.0. The van der Waals surface area contributed by atoms with Crippen LogP contribution < -0.4 is 0 Å². The zero-order chi connectivity index (χ0) is 15.2. The van der Waals surface area contributed by atoms with Crippen molar-refractivity contribution in [2.45, 2.75) is 39.7 Å². The molecule has 0 unspecified atom stereocenters. The molecule has 1 aromatic heterocycles. The van der Waals surface area contributed by atoms with Crippen molar-refractivity contribution in [3.8, 4) is 0 Å². The fourth-order valence-electron chi connectivity index (χ4n) is 3.74. The Balaban J connectivity index is 1.85. The van der Waals surface area contributed by atoms with Gasteiger partial charge in [0.25, 0.3) is 10.2 Å². The van der Waals surface area contributed by atoms with Crippen LogP contribution in [0.1, 0.15) is 43.7 Å². The molecule has 2 aliphatic heterocycles. The normalized spacial score (nSPS) is 32.0. The van der Waals surface area contributed by atoms with E-state index in [9.17, 15) is 8.42 Å². The van der Waals surface area contributed by atoms with Crippen LogP contribution in [0.5, 0.6) is 0 Å². The lowest BCUT2D eigenvalue weighted by molar-refractivity contribution is 0.200. The Bertz CT molecular complexity index is 601. The van der Waals surface area contributed by atoms with Gasteiger partial charge in [0.15, 0.2) is 0 Å². The van der Waals surface area contributed by atoms with Crippen LogP contribution in [0.4, 0.5) is 0 Å². The number of hydrogen-bond acceptors (Lipinski definition) is 3. The Labute approximate surface area is 131 Å². The first-order chi connectivity index (χ1) is 9.89. The Morgan fingerprint density at radius 2 is 1.86 bits per heavy atom. The third-order valence-electron chi connectivity index (χ3n) is 4.68. The predicted octanol–water partition coefficient (Wildman–Crippen LogP) is 2.89. The van der Waals surface area contributed by atoms with Crippen LogP contribution in [-0.4, -0.2) is 36.7 Å². The van der Waals surface area contributed by atoms with Crippen molar-refractivity contribution < 1.29 is 8.42 Å². The topological polar surface area (TPSA) is 40.6 Å². The van der Waals surface area contributed by atoms with Crippen molar-refractivity contribution in [2.24, 2.45) is 11.8 Å². The predicted molar refractivity (Wildman–Crippen MR) is 86.6 cm³/mol. The molecule has 1 fully saturated rings. The van der Waals surface area contributed by atoms with Crippen LogP contribution in [0.2, 0.25) is 0 Å². The van der Waals surface area contributed by atoms with E-state index in [0.29, 0.717) is 31.5 Å². The lowest BCUT2D eigenvalue weighted by Crippen LogP contribution is -2.51. The number of thiophene rings is 1. The molecule has 0 aliphatic carbocycles. The highest BCUT2D eigenvalue weighted by Gasteiger charge is 2.39. The van der Waals surface area contributed by atoms with Crippen LogP contribution in [0, 0.1) is 11.8 Å². The van der Waals surface area contributed by atoms with Crippen molar-refractivity contribution in [1.82, 2.24) is 8.61 Å². The van der Waals surface area contributed by atoms with E-state index in [0.717, 1.165) is 12.8 Å². The first-order valence-corrected chi connectivity index (χ1v) is 10.0. The molecule has 118 valence electrons. The van der Waals surface area contributed by atoms with Gasteiger partial charge in [0.1, 0.15) is 0 Å².